The van der Waals surface area contributed by atoms with E-state index in [9.17, 15) is 4.79 Å². The van der Waals surface area contributed by atoms with E-state index in [4.69, 9.17) is 38.4 Å². The van der Waals surface area contributed by atoms with E-state index in [1.165, 1.54) is 19.2 Å². The van der Waals surface area contributed by atoms with Gasteiger partial charge in [-0.05, 0) is 19.1 Å². The molecule has 0 saturated heterocycles. The SMILES string of the molecule is CCOC(=O)C(N)c1cc(Cl)cc(Cl)c1OC. The molecule has 0 bridgehead atoms. The number of carbonyl (C=O) groups excluding carboxylic acids is 1. The van der Waals surface area contributed by atoms with Crippen molar-refractivity contribution in [2.75, 3.05) is 13.7 Å². The molecule has 1 rings (SSSR count). The van der Waals surface area contributed by atoms with Crippen molar-refractivity contribution in [3.8, 4) is 5.75 Å². The van der Waals surface area contributed by atoms with Crippen LogP contribution in [0.2, 0.25) is 10.0 Å². The Hall–Kier alpha value is -0.970. The van der Waals surface area contributed by atoms with Gasteiger partial charge in [0.05, 0.1) is 18.7 Å². The van der Waals surface area contributed by atoms with Gasteiger partial charge in [-0.15, -0.1) is 0 Å². The highest BCUT2D eigenvalue weighted by atomic mass is 35.5. The summed E-state index contributed by atoms with van der Waals surface area (Å²) in [4.78, 5) is 11.5. The van der Waals surface area contributed by atoms with Gasteiger partial charge in [-0.1, -0.05) is 23.2 Å². The number of hydrogen-bond donors (Lipinski definition) is 1. The molecule has 0 aromatic heterocycles. The van der Waals surface area contributed by atoms with E-state index in [1.54, 1.807) is 6.92 Å². The number of methoxy groups -OCH3 is 1. The van der Waals surface area contributed by atoms with Gasteiger partial charge in [-0.3, -0.25) is 0 Å². The van der Waals surface area contributed by atoms with Gasteiger partial charge in [0.25, 0.3) is 0 Å². The normalized spacial score (nSPS) is 12.1. The lowest BCUT2D eigenvalue weighted by Gasteiger charge is -2.16. The first-order valence-corrected chi connectivity index (χ1v) is 5.72. The highest BCUT2D eigenvalue weighted by molar-refractivity contribution is 6.35. The molecule has 0 amide bonds. The van der Waals surface area contributed by atoms with Gasteiger partial charge in [0.1, 0.15) is 11.8 Å². The van der Waals surface area contributed by atoms with E-state index < -0.39 is 12.0 Å². The Kier molecular flexibility index (Phi) is 5.05. The first kappa shape index (κ1) is 14.1. The summed E-state index contributed by atoms with van der Waals surface area (Å²) in [5, 5.41) is 0.681. The van der Waals surface area contributed by atoms with Gasteiger partial charge < -0.3 is 15.2 Å². The zero-order valence-electron chi connectivity index (χ0n) is 9.50. The Bertz CT molecular complexity index is 423. The van der Waals surface area contributed by atoms with Crippen molar-refractivity contribution in [2.45, 2.75) is 13.0 Å². The zero-order chi connectivity index (χ0) is 13.0. The lowest BCUT2D eigenvalue weighted by atomic mass is 10.1. The number of halogens is 2. The van der Waals surface area contributed by atoms with E-state index in [2.05, 4.69) is 0 Å². The van der Waals surface area contributed by atoms with E-state index in [1.807, 2.05) is 0 Å². The topological polar surface area (TPSA) is 61.5 Å². The summed E-state index contributed by atoms with van der Waals surface area (Å²) < 4.78 is 9.93. The van der Waals surface area contributed by atoms with Gasteiger partial charge in [0, 0.05) is 10.6 Å². The Labute approximate surface area is 110 Å². The highest BCUT2D eigenvalue weighted by Gasteiger charge is 2.23. The van der Waals surface area contributed by atoms with Crippen molar-refractivity contribution in [3.05, 3.63) is 27.7 Å². The second-order valence-electron chi connectivity index (χ2n) is 3.24. The Morgan fingerprint density at radius 2 is 2.12 bits per heavy atom. The smallest absolute Gasteiger partial charge is 0.327 e. The van der Waals surface area contributed by atoms with E-state index in [0.717, 1.165) is 0 Å². The lowest BCUT2D eigenvalue weighted by Crippen LogP contribution is -2.24. The molecule has 4 nitrogen and oxygen atoms in total. The molecule has 0 saturated carbocycles. The number of rotatable bonds is 4. The largest absolute Gasteiger partial charge is 0.495 e. The summed E-state index contributed by atoms with van der Waals surface area (Å²) in [5.74, 6) is -0.222. The molecular formula is C11H13Cl2NO3. The van der Waals surface area contributed by atoms with Gasteiger partial charge in [0.15, 0.2) is 0 Å². The van der Waals surface area contributed by atoms with Crippen LogP contribution in [0.25, 0.3) is 0 Å². The average molecular weight is 278 g/mol. The quantitative estimate of drug-likeness (QED) is 0.860. The molecule has 1 unspecified atom stereocenters. The third kappa shape index (κ3) is 3.25. The van der Waals surface area contributed by atoms with Crippen LogP contribution in [0.4, 0.5) is 0 Å². The summed E-state index contributed by atoms with van der Waals surface area (Å²) in [6.45, 7) is 1.95. The van der Waals surface area contributed by atoms with Crippen molar-refractivity contribution in [1.82, 2.24) is 0 Å². The van der Waals surface area contributed by atoms with Crippen molar-refractivity contribution in [3.63, 3.8) is 0 Å². The van der Waals surface area contributed by atoms with Crippen LogP contribution in [0.1, 0.15) is 18.5 Å². The molecule has 0 radical (unpaired) electrons. The molecule has 0 spiro atoms. The maximum absolute atomic E-state index is 11.5. The van der Waals surface area contributed by atoms with Crippen LogP contribution in [0.15, 0.2) is 12.1 Å². The Morgan fingerprint density at radius 1 is 1.47 bits per heavy atom. The van der Waals surface area contributed by atoms with Crippen LogP contribution in [0.3, 0.4) is 0 Å². The maximum atomic E-state index is 11.5. The van der Waals surface area contributed by atoms with Gasteiger partial charge in [-0.25, -0.2) is 4.79 Å². The van der Waals surface area contributed by atoms with Crippen LogP contribution in [0.5, 0.6) is 5.75 Å². The molecule has 0 fully saturated rings. The predicted octanol–water partition coefficient (Wildman–Crippen LogP) is 2.56. The maximum Gasteiger partial charge on any atom is 0.327 e. The summed E-state index contributed by atoms with van der Waals surface area (Å²) >= 11 is 11.8. The van der Waals surface area contributed by atoms with Crippen molar-refractivity contribution < 1.29 is 14.3 Å². The summed E-state index contributed by atoms with van der Waals surface area (Å²) in [5.41, 5.74) is 6.17. The van der Waals surface area contributed by atoms with Crippen molar-refractivity contribution >= 4 is 29.2 Å². The van der Waals surface area contributed by atoms with Crippen LogP contribution >= 0.6 is 23.2 Å². The number of carbonyl (C=O) groups is 1. The molecule has 6 heteroatoms. The number of ether oxygens (including phenoxy) is 2. The number of benzene rings is 1. The summed E-state index contributed by atoms with van der Waals surface area (Å²) in [7, 11) is 1.44. The molecule has 94 valence electrons. The highest BCUT2D eigenvalue weighted by Crippen LogP contribution is 2.35. The monoisotopic (exact) mass is 277 g/mol. The van der Waals surface area contributed by atoms with Crippen molar-refractivity contribution in [2.24, 2.45) is 5.73 Å². The third-order valence-corrected chi connectivity index (χ3v) is 2.62. The van der Waals surface area contributed by atoms with Crippen LogP contribution in [-0.2, 0) is 9.53 Å². The minimum Gasteiger partial charge on any atom is -0.495 e. The second-order valence-corrected chi connectivity index (χ2v) is 4.08. The fourth-order valence-corrected chi connectivity index (χ4v) is 1.97. The first-order valence-electron chi connectivity index (χ1n) is 4.96. The summed E-state index contributed by atoms with van der Waals surface area (Å²) in [6.07, 6.45) is 0. The minimum atomic E-state index is -0.971. The predicted molar refractivity (Wildman–Crippen MR) is 66.6 cm³/mol. The average Bonchev–Trinajstić information content (AvgIpc) is 2.27. The number of esters is 1. The van der Waals surface area contributed by atoms with Crippen LogP contribution < -0.4 is 10.5 Å². The minimum absolute atomic E-state index is 0.253. The fourth-order valence-electron chi connectivity index (χ4n) is 1.39. The molecule has 0 aliphatic heterocycles. The van der Waals surface area contributed by atoms with E-state index in [-0.39, 0.29) is 6.61 Å². The van der Waals surface area contributed by atoms with Gasteiger partial charge in [-0.2, -0.15) is 0 Å². The van der Waals surface area contributed by atoms with Crippen LogP contribution in [-0.4, -0.2) is 19.7 Å². The zero-order valence-corrected chi connectivity index (χ0v) is 11.0. The van der Waals surface area contributed by atoms with E-state index in [0.29, 0.717) is 21.4 Å². The molecule has 17 heavy (non-hydrogen) atoms. The van der Waals surface area contributed by atoms with Crippen LogP contribution in [0, 0.1) is 0 Å². The standard InChI is InChI=1S/C11H13Cl2NO3/c1-3-17-11(15)9(14)7-4-6(12)5-8(13)10(7)16-2/h4-5,9H,3,14H2,1-2H3. The Morgan fingerprint density at radius 3 is 2.65 bits per heavy atom. The number of nitrogens with two attached hydrogens (primary N) is 1. The molecule has 0 aliphatic carbocycles. The van der Waals surface area contributed by atoms with E-state index >= 15 is 0 Å². The molecule has 1 atom stereocenters. The lowest BCUT2D eigenvalue weighted by molar-refractivity contribution is -0.144. The molecular weight excluding hydrogens is 265 g/mol. The second kappa shape index (κ2) is 6.10. The molecule has 2 N–H and O–H groups in total. The third-order valence-electron chi connectivity index (χ3n) is 2.12. The van der Waals surface area contributed by atoms with Crippen molar-refractivity contribution in [1.29, 1.82) is 0 Å². The summed E-state index contributed by atoms with van der Waals surface area (Å²) in [6, 6.07) is 2.08. The Balaban J connectivity index is 3.15. The molecule has 0 heterocycles. The fraction of sp³-hybridized carbons (Fsp3) is 0.364. The molecule has 1 aromatic rings. The first-order chi connectivity index (χ1) is 8.01. The molecule has 0 aliphatic rings. The number of hydrogen-bond acceptors (Lipinski definition) is 4. The molecule has 1 aromatic carbocycles. The van der Waals surface area contributed by atoms with Gasteiger partial charge in [0.2, 0.25) is 0 Å². The van der Waals surface area contributed by atoms with Gasteiger partial charge >= 0.3 is 5.97 Å².